The summed E-state index contributed by atoms with van der Waals surface area (Å²) >= 11 is 0. The van der Waals surface area contributed by atoms with Crippen LogP contribution in [0.5, 0.6) is 0 Å². The summed E-state index contributed by atoms with van der Waals surface area (Å²) in [5.74, 6) is 0. The second-order valence-electron chi connectivity index (χ2n) is 5.88. The van der Waals surface area contributed by atoms with Crippen molar-refractivity contribution in [1.82, 2.24) is 0 Å². The van der Waals surface area contributed by atoms with Gasteiger partial charge in [0.25, 0.3) is 7.49 Å². The Balaban J connectivity index is 0.00000113. The smallest absolute Gasteiger partial charge is 0.245 e. The van der Waals surface area contributed by atoms with Crippen molar-refractivity contribution in [2.75, 3.05) is 0 Å². The van der Waals surface area contributed by atoms with Gasteiger partial charge in [0.15, 0.2) is 0 Å². The number of hydrogen-bond acceptors (Lipinski definition) is 3. The van der Waals surface area contributed by atoms with E-state index in [1.807, 2.05) is 0 Å². The average molecular weight is 559 g/mol. The minimum atomic E-state index is -5.85. The van der Waals surface area contributed by atoms with Crippen LogP contribution in [0.1, 0.15) is 0 Å². The minimum absolute atomic E-state index is 0. The first-order valence-electron chi connectivity index (χ1n) is 8.67. The van der Waals surface area contributed by atoms with Gasteiger partial charge in [-0.05, 0) is 36.4 Å². The van der Waals surface area contributed by atoms with Gasteiger partial charge in [-0.3, -0.25) is 0 Å². The van der Waals surface area contributed by atoms with Crippen molar-refractivity contribution in [3.8, 4) is 0 Å². The first kappa shape index (κ1) is 27.1. The predicted octanol–water partition coefficient (Wildman–Crippen LogP) is 4.77. The zero-order valence-electron chi connectivity index (χ0n) is 16.2. The molecule has 0 saturated heterocycles. The van der Waals surface area contributed by atoms with Crippen molar-refractivity contribution in [1.29, 1.82) is 0 Å². The zero-order chi connectivity index (χ0) is 22.3. The molecule has 168 valence electrons. The Morgan fingerprint density at radius 1 is 0.774 bits per heavy atom. The maximum atomic E-state index is 13.2. The van der Waals surface area contributed by atoms with Crippen LogP contribution in [0.3, 0.4) is 0 Å². The maximum Gasteiger partial charge on any atom is 0.526 e. The molecule has 0 spiro atoms. The van der Waals surface area contributed by atoms with Gasteiger partial charge in [0, 0.05) is 20.4 Å². The molecule has 0 fully saturated rings. The number of halogens is 3. The van der Waals surface area contributed by atoms with Gasteiger partial charge in [0.05, 0.1) is 0 Å². The topological polar surface area (TPSA) is 43.4 Å². The van der Waals surface area contributed by atoms with Crippen LogP contribution in [0.2, 0.25) is 0 Å². The molecule has 0 atom stereocenters. The third-order valence-electron chi connectivity index (χ3n) is 3.85. The molecule has 0 bridgehead atoms. The van der Waals surface area contributed by atoms with Gasteiger partial charge in [-0.1, -0.05) is 58.6 Å². The summed E-state index contributed by atoms with van der Waals surface area (Å²) in [5.41, 5.74) is -5.53. The molecule has 3 aromatic rings. The molecule has 0 radical (unpaired) electrons. The molecule has 3 aromatic carbocycles. The van der Waals surface area contributed by atoms with Gasteiger partial charge in [0.1, 0.15) is 15.9 Å². The van der Waals surface area contributed by atoms with Crippen LogP contribution < -0.4 is 15.9 Å². The van der Waals surface area contributed by atoms with E-state index < -0.39 is 23.1 Å². The van der Waals surface area contributed by atoms with Gasteiger partial charge in [-0.15, -0.1) is 0 Å². The Kier molecular flexibility index (Phi) is 10.2. The monoisotopic (exact) mass is 558 g/mol. The van der Waals surface area contributed by atoms with E-state index in [0.717, 1.165) is 0 Å². The van der Waals surface area contributed by atoms with Gasteiger partial charge in [0.2, 0.25) is 0 Å². The maximum absolute atomic E-state index is 13.2. The number of rotatable bonds is 5. The van der Waals surface area contributed by atoms with Gasteiger partial charge in [-0.2, -0.15) is 21.6 Å². The molecule has 0 unspecified atom stereocenters. The Morgan fingerprint density at radius 2 is 1.03 bits per heavy atom. The Bertz CT molecular complexity index is 949. The van der Waals surface area contributed by atoms with Crippen LogP contribution >= 0.6 is 7.49 Å². The first-order chi connectivity index (χ1) is 14.2. The summed E-state index contributed by atoms with van der Waals surface area (Å²) in [6, 6.07) is 24.4. The summed E-state index contributed by atoms with van der Waals surface area (Å²) in [5, 5.41) is 1.11. The number of benzene rings is 3. The first-order valence-corrected chi connectivity index (χ1v) is 11.8. The van der Waals surface area contributed by atoms with Crippen molar-refractivity contribution in [3.05, 3.63) is 111 Å². The van der Waals surface area contributed by atoms with E-state index in [1.54, 1.807) is 91.0 Å². The van der Waals surface area contributed by atoms with E-state index in [2.05, 4.69) is 13.5 Å². The fourth-order valence-electron chi connectivity index (χ4n) is 2.68. The molecule has 0 aromatic heterocycles. The van der Waals surface area contributed by atoms with E-state index in [0.29, 0.717) is 15.9 Å². The predicted molar refractivity (Wildman–Crippen MR) is 117 cm³/mol. The molecule has 0 amide bonds. The van der Waals surface area contributed by atoms with Crippen LogP contribution in [0.25, 0.3) is 0 Å². The number of alkyl halides is 3. The second kappa shape index (κ2) is 11.6. The van der Waals surface area contributed by atoms with Crippen LogP contribution in [0, 0.1) is 6.92 Å². The standard InChI is InChI=1S/C19H15F3O3PS.C3H5.Pd/c20-19(21,22)27(23,24)25-26(16-10-4-1-5-11-16,17-12-6-2-7-13-17)18-14-8-3-9-15-18;1-3-2;/h1-15H;3H,1-2H2;/q+1;-1;. The molecular weight excluding hydrogens is 539 g/mol. The molecule has 0 saturated carbocycles. The summed E-state index contributed by atoms with van der Waals surface area (Å²) in [6.45, 7) is 6.50. The van der Waals surface area contributed by atoms with Gasteiger partial charge < -0.3 is 0 Å². The van der Waals surface area contributed by atoms with Crippen molar-refractivity contribution in [2.24, 2.45) is 0 Å². The third-order valence-corrected chi connectivity index (χ3v) is 9.18. The molecule has 31 heavy (non-hydrogen) atoms. The van der Waals surface area contributed by atoms with Crippen LogP contribution in [0.4, 0.5) is 13.2 Å². The third kappa shape index (κ3) is 6.29. The largest absolute Gasteiger partial charge is 0.526 e. The molecule has 3 rings (SSSR count). The number of hydrogen-bond donors (Lipinski definition) is 0. The molecular formula is C22H20F3O3PPdS. The van der Waals surface area contributed by atoms with Crippen LogP contribution in [-0.2, 0) is 34.5 Å². The SMILES string of the molecule is C=C[CH2-].O=S(=O)(O[P+](c1ccccc1)(c1ccccc1)c1ccccc1)C(F)(F)F.[Pd]. The second-order valence-corrected chi connectivity index (χ2v) is 10.6. The van der Waals surface area contributed by atoms with Crippen molar-refractivity contribution in [3.63, 3.8) is 0 Å². The summed E-state index contributed by atoms with van der Waals surface area (Å²) in [6.07, 6.45) is 1.50. The summed E-state index contributed by atoms with van der Waals surface area (Å²) < 4.78 is 68.9. The fraction of sp³-hybridized carbons (Fsp3) is 0.0455. The molecule has 3 nitrogen and oxygen atoms in total. The van der Waals surface area contributed by atoms with Crippen LogP contribution in [0.15, 0.2) is 104 Å². The van der Waals surface area contributed by atoms with E-state index in [-0.39, 0.29) is 20.4 Å². The van der Waals surface area contributed by atoms with E-state index in [9.17, 15) is 21.6 Å². The van der Waals surface area contributed by atoms with E-state index in [1.165, 1.54) is 6.08 Å². The Hall–Kier alpha value is -1.94. The minimum Gasteiger partial charge on any atom is -0.245 e. The zero-order valence-corrected chi connectivity index (χ0v) is 19.4. The molecule has 0 aliphatic heterocycles. The normalized spacial score (nSPS) is 11.5. The fourth-order valence-corrected chi connectivity index (χ4v) is 7.90. The quantitative estimate of drug-likeness (QED) is 0.196. The number of allylic oxidation sites excluding steroid dienone is 1. The van der Waals surface area contributed by atoms with E-state index in [4.69, 9.17) is 3.97 Å². The van der Waals surface area contributed by atoms with Gasteiger partial charge >= 0.3 is 15.6 Å². The van der Waals surface area contributed by atoms with Crippen LogP contribution in [-0.4, -0.2) is 13.9 Å². The molecule has 0 aliphatic rings. The van der Waals surface area contributed by atoms with Crippen molar-refractivity contribution >= 4 is 33.5 Å². The molecule has 0 N–H and O–H groups in total. The Labute approximate surface area is 195 Å². The summed E-state index contributed by atoms with van der Waals surface area (Å²) in [4.78, 5) is 0. The average Bonchev–Trinajstić information content (AvgIpc) is 2.74. The van der Waals surface area contributed by atoms with Crippen molar-refractivity contribution in [2.45, 2.75) is 5.51 Å². The Morgan fingerprint density at radius 3 is 1.26 bits per heavy atom. The summed E-state index contributed by atoms with van der Waals surface area (Å²) in [7, 11) is -9.43. The molecule has 0 heterocycles. The molecule has 9 heteroatoms. The van der Waals surface area contributed by atoms with Gasteiger partial charge in [-0.25, -0.2) is 19.6 Å². The van der Waals surface area contributed by atoms with Crippen molar-refractivity contribution < 1.29 is 46.0 Å². The molecule has 0 aliphatic carbocycles. The van der Waals surface area contributed by atoms with E-state index >= 15 is 0 Å².